The van der Waals surface area contributed by atoms with Crippen molar-refractivity contribution in [3.8, 4) is 0 Å². The Morgan fingerprint density at radius 3 is 1.45 bits per heavy atom. The molecule has 0 aliphatic rings. The van der Waals surface area contributed by atoms with Gasteiger partial charge in [-0.2, -0.15) is 0 Å². The number of carbonyl (C=O) groups is 1. The summed E-state index contributed by atoms with van der Waals surface area (Å²) in [5.41, 5.74) is 3.36. The zero-order chi connectivity index (χ0) is 34.5. The number of ether oxygens (including phenoxy) is 7. The Balaban J connectivity index is 0.000000746. The minimum absolute atomic E-state index is 0.0289. The third-order valence-corrected chi connectivity index (χ3v) is 6.37. The normalized spacial score (nSPS) is 11.6. The second-order valence-corrected chi connectivity index (χ2v) is 10.5. The summed E-state index contributed by atoms with van der Waals surface area (Å²) in [5, 5.41) is 8.40. The van der Waals surface area contributed by atoms with Crippen molar-refractivity contribution in [1.82, 2.24) is 0 Å². The van der Waals surface area contributed by atoms with E-state index in [0.29, 0.717) is 72.7 Å². The zero-order valence-corrected chi connectivity index (χ0v) is 29.4. The SMILES string of the molecule is CC(C=O)c1ccccc1.CCCCOCCOCCOCCO.CCCCOCCOCCOCCOC=C(C)c1ccccc1. The van der Waals surface area contributed by atoms with Gasteiger partial charge in [-0.25, -0.2) is 0 Å². The lowest BCUT2D eigenvalue weighted by Gasteiger charge is -2.07. The van der Waals surface area contributed by atoms with Crippen LogP contribution in [0.15, 0.2) is 66.9 Å². The zero-order valence-electron chi connectivity index (χ0n) is 29.4. The van der Waals surface area contributed by atoms with E-state index >= 15 is 0 Å². The molecule has 1 atom stereocenters. The maximum atomic E-state index is 10.3. The molecule has 0 bridgehead atoms. The summed E-state index contributed by atoms with van der Waals surface area (Å²) in [4.78, 5) is 10.3. The third-order valence-electron chi connectivity index (χ3n) is 6.37. The van der Waals surface area contributed by atoms with Gasteiger partial charge in [0.25, 0.3) is 0 Å². The molecule has 0 fully saturated rings. The third kappa shape index (κ3) is 30.5. The summed E-state index contributed by atoms with van der Waals surface area (Å²) in [6.45, 7) is 16.3. The van der Waals surface area contributed by atoms with E-state index in [1.807, 2.05) is 62.4 Å². The van der Waals surface area contributed by atoms with Gasteiger partial charge in [0, 0.05) is 19.1 Å². The van der Waals surface area contributed by atoms with Gasteiger partial charge < -0.3 is 43.1 Å². The van der Waals surface area contributed by atoms with Crippen LogP contribution in [0.1, 0.15) is 70.4 Å². The molecule has 0 amide bonds. The largest absolute Gasteiger partial charge is 0.498 e. The number of aldehydes is 1. The summed E-state index contributed by atoms with van der Waals surface area (Å²) in [6, 6.07) is 19.9. The maximum Gasteiger partial charge on any atom is 0.127 e. The topological polar surface area (TPSA) is 102 Å². The fraction of sp³-hybridized carbons (Fsp3) is 0.605. The summed E-state index contributed by atoms with van der Waals surface area (Å²) in [6.07, 6.45) is 7.28. The van der Waals surface area contributed by atoms with E-state index in [0.717, 1.165) is 56.3 Å². The number of benzene rings is 2. The van der Waals surface area contributed by atoms with Gasteiger partial charge in [-0.3, -0.25) is 0 Å². The number of unbranched alkanes of at least 4 members (excludes halogenated alkanes) is 2. The van der Waals surface area contributed by atoms with Crippen molar-refractivity contribution < 1.29 is 43.1 Å². The summed E-state index contributed by atoms with van der Waals surface area (Å²) < 4.78 is 37.3. The highest BCUT2D eigenvalue weighted by Gasteiger charge is 2.00. The lowest BCUT2D eigenvalue weighted by Crippen LogP contribution is -2.11. The maximum absolute atomic E-state index is 10.3. The Morgan fingerprint density at radius 1 is 0.617 bits per heavy atom. The number of hydrogen-bond donors (Lipinski definition) is 1. The van der Waals surface area contributed by atoms with Crippen LogP contribution in [0.2, 0.25) is 0 Å². The Morgan fingerprint density at radius 2 is 1.02 bits per heavy atom. The molecule has 9 heteroatoms. The number of carbonyl (C=O) groups excluding carboxylic acids is 1. The molecule has 0 heterocycles. The molecule has 0 aliphatic heterocycles. The second-order valence-electron chi connectivity index (χ2n) is 10.5. The van der Waals surface area contributed by atoms with Crippen molar-refractivity contribution in [3.63, 3.8) is 0 Å². The molecule has 9 nitrogen and oxygen atoms in total. The van der Waals surface area contributed by atoms with Crippen molar-refractivity contribution in [3.05, 3.63) is 78.1 Å². The molecule has 1 unspecified atom stereocenters. The Bertz CT molecular complexity index is 913. The molecule has 0 spiro atoms. The lowest BCUT2D eigenvalue weighted by molar-refractivity contribution is -0.108. The van der Waals surface area contributed by atoms with Gasteiger partial charge in [-0.15, -0.1) is 0 Å². The summed E-state index contributed by atoms with van der Waals surface area (Å²) in [7, 11) is 0. The van der Waals surface area contributed by atoms with E-state index in [1.54, 1.807) is 6.26 Å². The first-order chi connectivity index (χ1) is 23.1. The monoisotopic (exact) mass is 662 g/mol. The molecule has 0 aromatic heterocycles. The van der Waals surface area contributed by atoms with Crippen LogP contribution < -0.4 is 0 Å². The molecule has 0 saturated heterocycles. The van der Waals surface area contributed by atoms with Crippen LogP contribution in [0.5, 0.6) is 0 Å². The molecule has 47 heavy (non-hydrogen) atoms. The predicted octanol–water partition coefficient (Wildman–Crippen LogP) is 6.73. The average molecular weight is 663 g/mol. The van der Waals surface area contributed by atoms with Crippen LogP contribution in [0.3, 0.4) is 0 Å². The first kappa shape index (κ1) is 44.4. The summed E-state index contributed by atoms with van der Waals surface area (Å²) >= 11 is 0. The van der Waals surface area contributed by atoms with Crippen molar-refractivity contribution in [2.45, 2.75) is 59.3 Å². The van der Waals surface area contributed by atoms with Gasteiger partial charge in [-0.1, -0.05) is 94.3 Å². The molecule has 0 aliphatic carbocycles. The number of hydrogen-bond acceptors (Lipinski definition) is 9. The van der Waals surface area contributed by atoms with Gasteiger partial charge in [0.05, 0.1) is 78.9 Å². The Hall–Kier alpha value is -2.63. The highest BCUT2D eigenvalue weighted by atomic mass is 16.6. The number of aliphatic hydroxyl groups excluding tert-OH is 1. The van der Waals surface area contributed by atoms with E-state index in [9.17, 15) is 4.79 Å². The van der Waals surface area contributed by atoms with Gasteiger partial charge in [-0.05, 0) is 36.5 Å². The first-order valence-electron chi connectivity index (χ1n) is 17.0. The minimum Gasteiger partial charge on any atom is -0.498 e. The first-order valence-corrected chi connectivity index (χ1v) is 17.0. The highest BCUT2D eigenvalue weighted by molar-refractivity contribution is 5.62. The van der Waals surface area contributed by atoms with Crippen LogP contribution in [0.25, 0.3) is 5.57 Å². The molecule has 2 aromatic rings. The van der Waals surface area contributed by atoms with Crippen molar-refractivity contribution in [1.29, 1.82) is 0 Å². The van der Waals surface area contributed by atoms with E-state index in [4.69, 9.17) is 38.3 Å². The molecular formula is C38H62O9. The van der Waals surface area contributed by atoms with Gasteiger partial charge in [0.15, 0.2) is 0 Å². The molecule has 268 valence electrons. The van der Waals surface area contributed by atoms with E-state index in [-0.39, 0.29) is 12.5 Å². The fourth-order valence-corrected chi connectivity index (χ4v) is 3.54. The molecule has 2 aromatic carbocycles. The fourth-order valence-electron chi connectivity index (χ4n) is 3.54. The number of rotatable bonds is 27. The summed E-state index contributed by atoms with van der Waals surface area (Å²) in [5.74, 6) is 0.0289. The van der Waals surface area contributed by atoms with Crippen LogP contribution in [0.4, 0.5) is 0 Å². The number of aliphatic hydroxyl groups is 1. The van der Waals surface area contributed by atoms with Crippen LogP contribution in [0, 0.1) is 0 Å². The highest BCUT2D eigenvalue weighted by Crippen LogP contribution is 2.12. The van der Waals surface area contributed by atoms with Crippen molar-refractivity contribution >= 4 is 11.9 Å². The smallest absolute Gasteiger partial charge is 0.127 e. The van der Waals surface area contributed by atoms with Crippen molar-refractivity contribution in [2.24, 2.45) is 0 Å². The van der Waals surface area contributed by atoms with E-state index in [1.165, 1.54) is 5.56 Å². The second kappa shape index (κ2) is 36.2. The van der Waals surface area contributed by atoms with Crippen LogP contribution in [-0.4, -0.2) is 104 Å². The van der Waals surface area contributed by atoms with Crippen LogP contribution >= 0.6 is 0 Å². The quantitative estimate of drug-likeness (QED) is 0.0634. The molecule has 1 N–H and O–H groups in total. The Kier molecular flexibility index (Phi) is 34.2. The molecular weight excluding hydrogens is 600 g/mol. The lowest BCUT2D eigenvalue weighted by atomic mass is 10.0. The van der Waals surface area contributed by atoms with Gasteiger partial charge >= 0.3 is 0 Å². The van der Waals surface area contributed by atoms with E-state index < -0.39 is 0 Å². The minimum atomic E-state index is 0.0289. The standard InChI is InChI=1S/C19H30O4.C10H22O4.C9H10O/c1-3-4-10-20-11-12-21-13-14-22-15-16-23-17-18(2)19-8-6-5-7-9-19;1-2-3-5-12-7-9-14-10-8-13-6-4-11;1-8(7-10)9-5-3-2-4-6-9/h5-9,17H,3-4,10-16H2,1-2H3;11H,2-10H2,1H3;2-8H,1H3. The average Bonchev–Trinajstić information content (AvgIpc) is 3.12. The Labute approximate surface area is 284 Å². The van der Waals surface area contributed by atoms with Gasteiger partial charge in [0.2, 0.25) is 0 Å². The van der Waals surface area contributed by atoms with Gasteiger partial charge in [0.1, 0.15) is 12.9 Å². The molecule has 2 rings (SSSR count). The van der Waals surface area contributed by atoms with E-state index in [2.05, 4.69) is 26.0 Å². The molecule has 0 saturated carbocycles. The van der Waals surface area contributed by atoms with Crippen molar-refractivity contribution in [2.75, 3.05) is 92.5 Å². The predicted molar refractivity (Wildman–Crippen MR) is 189 cm³/mol. The molecule has 0 radical (unpaired) electrons. The van der Waals surface area contributed by atoms with Crippen LogP contribution in [-0.2, 0) is 38.0 Å². The number of allylic oxidation sites excluding steroid dienone is 1.